The lowest BCUT2D eigenvalue weighted by Crippen LogP contribution is -2.34. The molecule has 0 aromatic heterocycles. The van der Waals surface area contributed by atoms with E-state index < -0.39 is 0 Å². The van der Waals surface area contributed by atoms with Gasteiger partial charge in [0, 0.05) is 22.5 Å². The third kappa shape index (κ3) is 2.58. The Kier molecular flexibility index (Phi) is 3.76. The van der Waals surface area contributed by atoms with Crippen LogP contribution >= 0.6 is 15.9 Å². The van der Waals surface area contributed by atoms with Gasteiger partial charge in [0.1, 0.15) is 5.75 Å². The van der Waals surface area contributed by atoms with Crippen molar-refractivity contribution in [2.75, 3.05) is 25.0 Å². The second-order valence-corrected chi connectivity index (χ2v) is 5.93. The van der Waals surface area contributed by atoms with Crippen molar-refractivity contribution in [2.45, 2.75) is 12.8 Å². The highest BCUT2D eigenvalue weighted by molar-refractivity contribution is 9.10. The number of nitrogens with one attached hydrogen (secondary N) is 2. The van der Waals surface area contributed by atoms with Gasteiger partial charge in [-0.3, -0.25) is 9.59 Å². The van der Waals surface area contributed by atoms with Crippen molar-refractivity contribution in [3.63, 3.8) is 0 Å². The molecule has 1 saturated heterocycles. The number of hydrogen-bond acceptors (Lipinski definition) is 4. The van der Waals surface area contributed by atoms with Crippen molar-refractivity contribution in [2.24, 2.45) is 5.92 Å². The topological polar surface area (TPSA) is 67.4 Å². The number of amides is 1. The molecule has 0 bridgehead atoms. The van der Waals surface area contributed by atoms with E-state index in [1.165, 1.54) is 0 Å². The number of ether oxygens (including phenoxy) is 1. The number of Topliss-reactive ketones (excluding diaryl/α,β-unsaturated/α-hetero) is 1. The first-order valence-electron chi connectivity index (χ1n) is 6.66. The largest absolute Gasteiger partial charge is 0.482 e. The molecular formula is C14H15BrN2O3. The van der Waals surface area contributed by atoms with E-state index in [0.29, 0.717) is 21.5 Å². The number of carbonyl (C=O) groups is 2. The van der Waals surface area contributed by atoms with Crippen LogP contribution in [0.3, 0.4) is 0 Å². The zero-order chi connectivity index (χ0) is 14.1. The summed E-state index contributed by atoms with van der Waals surface area (Å²) in [5.74, 6) is 0.503. The van der Waals surface area contributed by atoms with Crippen LogP contribution in [-0.2, 0) is 4.79 Å². The Morgan fingerprint density at radius 2 is 2.25 bits per heavy atom. The Labute approximate surface area is 125 Å². The number of piperidine rings is 1. The van der Waals surface area contributed by atoms with E-state index in [0.717, 1.165) is 25.9 Å². The van der Waals surface area contributed by atoms with Crippen LogP contribution in [-0.4, -0.2) is 31.4 Å². The van der Waals surface area contributed by atoms with Crippen LogP contribution in [0.25, 0.3) is 0 Å². The molecule has 20 heavy (non-hydrogen) atoms. The Hall–Kier alpha value is -1.40. The fraction of sp³-hybridized carbons (Fsp3) is 0.429. The predicted molar refractivity (Wildman–Crippen MR) is 78.2 cm³/mol. The van der Waals surface area contributed by atoms with Crippen LogP contribution in [0, 0.1) is 5.92 Å². The summed E-state index contributed by atoms with van der Waals surface area (Å²) >= 11 is 3.41. The van der Waals surface area contributed by atoms with Gasteiger partial charge in [-0.2, -0.15) is 0 Å². The third-order valence-electron chi connectivity index (χ3n) is 3.64. The van der Waals surface area contributed by atoms with Crippen LogP contribution in [0.5, 0.6) is 5.75 Å². The average molecular weight is 339 g/mol. The molecule has 0 aliphatic carbocycles. The van der Waals surface area contributed by atoms with Gasteiger partial charge in [0.2, 0.25) is 0 Å². The van der Waals surface area contributed by atoms with Gasteiger partial charge in [-0.05, 0) is 47.4 Å². The number of rotatable bonds is 2. The van der Waals surface area contributed by atoms with E-state index in [2.05, 4.69) is 26.6 Å². The first-order valence-corrected chi connectivity index (χ1v) is 7.45. The number of halogens is 1. The Bertz CT molecular complexity index is 568. The normalized spacial score (nSPS) is 21.6. The van der Waals surface area contributed by atoms with Crippen molar-refractivity contribution in [3.8, 4) is 5.75 Å². The number of fused-ring (bicyclic) bond motifs is 1. The third-order valence-corrected chi connectivity index (χ3v) is 4.29. The van der Waals surface area contributed by atoms with E-state index in [4.69, 9.17) is 4.74 Å². The second-order valence-electron chi connectivity index (χ2n) is 5.07. The Morgan fingerprint density at radius 1 is 1.40 bits per heavy atom. The van der Waals surface area contributed by atoms with E-state index in [-0.39, 0.29) is 24.2 Å². The monoisotopic (exact) mass is 338 g/mol. The maximum Gasteiger partial charge on any atom is 0.262 e. The lowest BCUT2D eigenvalue weighted by molar-refractivity contribution is -0.118. The molecule has 1 aromatic carbocycles. The van der Waals surface area contributed by atoms with Crippen molar-refractivity contribution in [1.29, 1.82) is 0 Å². The molecule has 1 aromatic rings. The fourth-order valence-corrected chi connectivity index (χ4v) is 3.12. The number of benzene rings is 1. The molecule has 5 nitrogen and oxygen atoms in total. The second kappa shape index (κ2) is 5.54. The molecule has 2 N–H and O–H groups in total. The molecule has 0 saturated carbocycles. The lowest BCUT2D eigenvalue weighted by atomic mass is 9.91. The number of hydrogen-bond donors (Lipinski definition) is 2. The van der Waals surface area contributed by atoms with Gasteiger partial charge in [0.05, 0.1) is 5.69 Å². The summed E-state index contributed by atoms with van der Waals surface area (Å²) in [4.78, 5) is 23.8. The van der Waals surface area contributed by atoms with E-state index in [1.54, 1.807) is 12.1 Å². The van der Waals surface area contributed by atoms with Gasteiger partial charge < -0.3 is 15.4 Å². The highest BCUT2D eigenvalue weighted by Crippen LogP contribution is 2.35. The van der Waals surface area contributed by atoms with Gasteiger partial charge >= 0.3 is 0 Å². The lowest BCUT2D eigenvalue weighted by Gasteiger charge is -2.23. The molecule has 2 aliphatic heterocycles. The minimum atomic E-state index is -0.181. The van der Waals surface area contributed by atoms with Gasteiger partial charge in [-0.1, -0.05) is 0 Å². The van der Waals surface area contributed by atoms with E-state index in [9.17, 15) is 9.59 Å². The molecule has 6 heteroatoms. The summed E-state index contributed by atoms with van der Waals surface area (Å²) in [5, 5.41) is 5.98. The highest BCUT2D eigenvalue weighted by Gasteiger charge is 2.26. The molecule has 0 spiro atoms. The average Bonchev–Trinajstić information content (AvgIpc) is 2.46. The van der Waals surface area contributed by atoms with Crippen LogP contribution in [0.4, 0.5) is 5.69 Å². The molecule has 1 fully saturated rings. The van der Waals surface area contributed by atoms with Gasteiger partial charge in [-0.15, -0.1) is 0 Å². The van der Waals surface area contributed by atoms with Crippen LogP contribution in [0.15, 0.2) is 16.6 Å². The Morgan fingerprint density at radius 3 is 3.00 bits per heavy atom. The minimum Gasteiger partial charge on any atom is -0.482 e. The molecule has 1 amide bonds. The summed E-state index contributed by atoms with van der Waals surface area (Å²) in [7, 11) is 0. The molecule has 1 atom stereocenters. The molecule has 106 valence electrons. The summed E-state index contributed by atoms with van der Waals surface area (Å²) in [6.07, 6.45) is 1.93. The predicted octanol–water partition coefficient (Wildman–Crippen LogP) is 1.96. The summed E-state index contributed by atoms with van der Waals surface area (Å²) < 4.78 is 6.06. The molecular weight excluding hydrogens is 324 g/mol. The number of anilines is 1. The molecule has 0 radical (unpaired) electrons. The molecule has 3 rings (SSSR count). The van der Waals surface area contributed by atoms with Crippen molar-refractivity contribution >= 4 is 33.3 Å². The standard InChI is InChI=1S/C14H15BrN2O3/c15-10-5-11-12(20-7-13(18)17-11)4-9(10)14(19)8-2-1-3-16-6-8/h4-5,8,16H,1-3,6-7H2,(H,17,18). The SMILES string of the molecule is O=C1COc2cc(C(=O)C3CCCNC3)c(Br)cc2N1. The summed E-state index contributed by atoms with van der Waals surface area (Å²) in [6.45, 7) is 1.69. The number of ketones is 1. The minimum absolute atomic E-state index is 0.00670. The zero-order valence-corrected chi connectivity index (χ0v) is 12.5. The van der Waals surface area contributed by atoms with Gasteiger partial charge in [0.25, 0.3) is 5.91 Å². The highest BCUT2D eigenvalue weighted by atomic mass is 79.9. The van der Waals surface area contributed by atoms with Crippen molar-refractivity contribution in [1.82, 2.24) is 5.32 Å². The first-order chi connectivity index (χ1) is 9.65. The van der Waals surface area contributed by atoms with Crippen LogP contribution in [0.2, 0.25) is 0 Å². The van der Waals surface area contributed by atoms with Gasteiger partial charge in [0.15, 0.2) is 12.4 Å². The van der Waals surface area contributed by atoms with Crippen LogP contribution < -0.4 is 15.4 Å². The maximum atomic E-state index is 12.6. The molecule has 1 unspecified atom stereocenters. The molecule has 2 heterocycles. The quantitative estimate of drug-likeness (QED) is 0.809. The van der Waals surface area contributed by atoms with Crippen molar-refractivity contribution < 1.29 is 14.3 Å². The smallest absolute Gasteiger partial charge is 0.262 e. The van der Waals surface area contributed by atoms with E-state index in [1.807, 2.05) is 0 Å². The Balaban J connectivity index is 1.89. The van der Waals surface area contributed by atoms with E-state index >= 15 is 0 Å². The van der Waals surface area contributed by atoms with Crippen molar-refractivity contribution in [3.05, 3.63) is 22.2 Å². The summed E-state index contributed by atoms with van der Waals surface area (Å²) in [5.41, 5.74) is 1.22. The first kappa shape index (κ1) is 13.6. The summed E-state index contributed by atoms with van der Waals surface area (Å²) in [6, 6.07) is 3.45. The van der Waals surface area contributed by atoms with Gasteiger partial charge in [-0.25, -0.2) is 0 Å². The van der Waals surface area contributed by atoms with Crippen LogP contribution in [0.1, 0.15) is 23.2 Å². The number of carbonyl (C=O) groups excluding carboxylic acids is 2. The molecule has 2 aliphatic rings. The zero-order valence-electron chi connectivity index (χ0n) is 10.9. The maximum absolute atomic E-state index is 12.6. The fourth-order valence-electron chi connectivity index (χ4n) is 2.58.